The minimum Gasteiger partial charge on any atom is -0.382 e. The van der Waals surface area contributed by atoms with E-state index < -0.39 is 0 Å². The van der Waals surface area contributed by atoms with E-state index in [0.29, 0.717) is 11.5 Å². The van der Waals surface area contributed by atoms with Crippen molar-refractivity contribution in [3.05, 3.63) is 12.4 Å². The van der Waals surface area contributed by atoms with Gasteiger partial charge in [-0.25, -0.2) is 9.97 Å². The van der Waals surface area contributed by atoms with Gasteiger partial charge in [-0.1, -0.05) is 0 Å². The number of rotatable bonds is 1. The van der Waals surface area contributed by atoms with Gasteiger partial charge in [0.25, 0.3) is 0 Å². The summed E-state index contributed by atoms with van der Waals surface area (Å²) in [5.74, 6) is 0.661. The van der Waals surface area contributed by atoms with Crippen LogP contribution < -0.4 is 17.2 Å². The van der Waals surface area contributed by atoms with Crippen molar-refractivity contribution in [1.82, 2.24) is 24.9 Å². The molecule has 15 heavy (non-hydrogen) atoms. The van der Waals surface area contributed by atoms with Crippen molar-refractivity contribution in [2.75, 3.05) is 17.2 Å². The van der Waals surface area contributed by atoms with Gasteiger partial charge in [0.2, 0.25) is 11.9 Å². The Morgan fingerprint density at radius 3 is 2.00 bits per heavy atom. The molecule has 0 radical (unpaired) electrons. The van der Waals surface area contributed by atoms with Crippen LogP contribution in [0.1, 0.15) is 0 Å². The number of hydrogen-bond acceptors (Lipinski definition) is 8. The molecule has 0 spiro atoms. The molecule has 0 aliphatic rings. The fraction of sp³-hybridized carbons (Fsp3) is 0. The lowest BCUT2D eigenvalue weighted by atomic mass is 10.4. The number of aromatic nitrogens is 5. The lowest BCUT2D eigenvalue weighted by Gasteiger charge is -2.00. The average Bonchev–Trinajstić information content (AvgIpc) is 2.17. The first kappa shape index (κ1) is 9.06. The molecule has 76 valence electrons. The predicted octanol–water partition coefficient (Wildman–Crippen LogP) is -0.925. The second-order valence-corrected chi connectivity index (χ2v) is 2.70. The molecule has 0 fully saturated rings. The van der Waals surface area contributed by atoms with Gasteiger partial charge in [-0.2, -0.15) is 15.0 Å². The topological polar surface area (TPSA) is 143 Å². The first-order valence-electron chi connectivity index (χ1n) is 4.00. The molecule has 2 aromatic rings. The van der Waals surface area contributed by atoms with Gasteiger partial charge in [0.15, 0.2) is 5.82 Å². The molecule has 0 atom stereocenters. The Balaban J connectivity index is 2.49. The summed E-state index contributed by atoms with van der Waals surface area (Å²) in [7, 11) is 0. The molecule has 0 unspecified atom stereocenters. The van der Waals surface area contributed by atoms with E-state index in [1.165, 1.54) is 12.4 Å². The molecule has 2 heterocycles. The van der Waals surface area contributed by atoms with Gasteiger partial charge in [0, 0.05) is 0 Å². The van der Waals surface area contributed by atoms with Crippen LogP contribution >= 0.6 is 0 Å². The molecule has 0 aromatic carbocycles. The Bertz CT molecular complexity index is 459. The van der Waals surface area contributed by atoms with Crippen LogP contribution in [0.25, 0.3) is 11.5 Å². The monoisotopic (exact) mass is 204 g/mol. The minimum absolute atomic E-state index is 0.0381. The van der Waals surface area contributed by atoms with Gasteiger partial charge in [0.05, 0.1) is 12.4 Å². The maximum atomic E-state index is 5.41. The molecular formula is C7H8N8. The largest absolute Gasteiger partial charge is 0.382 e. The van der Waals surface area contributed by atoms with E-state index in [2.05, 4.69) is 24.9 Å². The van der Waals surface area contributed by atoms with E-state index in [-0.39, 0.29) is 17.7 Å². The second-order valence-electron chi connectivity index (χ2n) is 2.70. The average molecular weight is 204 g/mol. The lowest BCUT2D eigenvalue weighted by Crippen LogP contribution is -2.05. The third-order valence-electron chi connectivity index (χ3n) is 1.57. The summed E-state index contributed by atoms with van der Waals surface area (Å²) in [6.07, 6.45) is 2.83. The summed E-state index contributed by atoms with van der Waals surface area (Å²) in [4.78, 5) is 19.2. The molecular weight excluding hydrogens is 196 g/mol. The standard InChI is InChI=1S/C7H8N8/c8-4-2-11-3(1-12-4)5-13-6(9)15-7(10)14-5/h1-2H,(H2,8,12)(H4,9,10,13,14,15). The Labute approximate surface area is 84.6 Å². The quantitative estimate of drug-likeness (QED) is 0.540. The summed E-state index contributed by atoms with van der Waals surface area (Å²) in [5.41, 5.74) is 16.6. The number of nitrogens with zero attached hydrogens (tertiary/aromatic N) is 5. The van der Waals surface area contributed by atoms with Gasteiger partial charge in [0.1, 0.15) is 11.5 Å². The van der Waals surface area contributed by atoms with Gasteiger partial charge < -0.3 is 17.2 Å². The van der Waals surface area contributed by atoms with E-state index in [9.17, 15) is 0 Å². The van der Waals surface area contributed by atoms with Crippen molar-refractivity contribution in [3.8, 4) is 11.5 Å². The maximum absolute atomic E-state index is 5.41. The Hall–Kier alpha value is -2.51. The zero-order valence-corrected chi connectivity index (χ0v) is 7.62. The first-order chi connectivity index (χ1) is 7.15. The van der Waals surface area contributed by atoms with E-state index in [1.807, 2.05) is 0 Å². The summed E-state index contributed by atoms with van der Waals surface area (Å²) in [5, 5.41) is 0. The highest BCUT2D eigenvalue weighted by Crippen LogP contribution is 2.12. The maximum Gasteiger partial charge on any atom is 0.225 e. The van der Waals surface area contributed by atoms with Crippen molar-refractivity contribution in [2.45, 2.75) is 0 Å². The molecule has 8 heteroatoms. The van der Waals surface area contributed by atoms with Crippen LogP contribution in [0.5, 0.6) is 0 Å². The molecule has 6 N–H and O–H groups in total. The smallest absolute Gasteiger partial charge is 0.225 e. The third kappa shape index (κ3) is 1.88. The van der Waals surface area contributed by atoms with Crippen LogP contribution in [-0.2, 0) is 0 Å². The van der Waals surface area contributed by atoms with Crippen LogP contribution in [0, 0.1) is 0 Å². The van der Waals surface area contributed by atoms with Gasteiger partial charge >= 0.3 is 0 Å². The van der Waals surface area contributed by atoms with E-state index in [4.69, 9.17) is 17.2 Å². The summed E-state index contributed by atoms with van der Waals surface area (Å²) in [6, 6.07) is 0. The Morgan fingerprint density at radius 1 is 0.800 bits per heavy atom. The highest BCUT2D eigenvalue weighted by Gasteiger charge is 2.06. The summed E-state index contributed by atoms with van der Waals surface area (Å²) in [6.45, 7) is 0. The SMILES string of the molecule is Nc1cnc(-c2nc(N)nc(N)n2)cn1. The third-order valence-corrected chi connectivity index (χ3v) is 1.57. The summed E-state index contributed by atoms with van der Waals surface area (Å²) >= 11 is 0. The summed E-state index contributed by atoms with van der Waals surface area (Å²) < 4.78 is 0. The number of nitrogens with two attached hydrogens (primary N) is 3. The van der Waals surface area contributed by atoms with Crippen LogP contribution in [0.3, 0.4) is 0 Å². The van der Waals surface area contributed by atoms with Crippen molar-refractivity contribution >= 4 is 17.7 Å². The molecule has 0 bridgehead atoms. The molecule has 0 aliphatic heterocycles. The second kappa shape index (κ2) is 3.33. The lowest BCUT2D eigenvalue weighted by molar-refractivity contribution is 1.06. The normalized spacial score (nSPS) is 10.1. The van der Waals surface area contributed by atoms with E-state index in [0.717, 1.165) is 0 Å². The van der Waals surface area contributed by atoms with Crippen molar-refractivity contribution in [3.63, 3.8) is 0 Å². The molecule has 2 aromatic heterocycles. The molecule has 0 saturated carbocycles. The van der Waals surface area contributed by atoms with Gasteiger partial charge in [-0.3, -0.25) is 0 Å². The fourth-order valence-corrected chi connectivity index (χ4v) is 0.977. The first-order valence-corrected chi connectivity index (χ1v) is 4.00. The minimum atomic E-state index is 0.0381. The molecule has 0 amide bonds. The molecule has 8 nitrogen and oxygen atoms in total. The van der Waals surface area contributed by atoms with E-state index in [1.54, 1.807) is 0 Å². The molecule has 0 aliphatic carbocycles. The van der Waals surface area contributed by atoms with Crippen molar-refractivity contribution in [1.29, 1.82) is 0 Å². The van der Waals surface area contributed by atoms with Gasteiger partial charge in [-0.05, 0) is 0 Å². The predicted molar refractivity (Wildman–Crippen MR) is 54.1 cm³/mol. The number of hydrogen-bond donors (Lipinski definition) is 3. The highest BCUT2D eigenvalue weighted by molar-refractivity contribution is 5.51. The Morgan fingerprint density at radius 2 is 1.47 bits per heavy atom. The van der Waals surface area contributed by atoms with E-state index >= 15 is 0 Å². The van der Waals surface area contributed by atoms with Crippen LogP contribution in [-0.4, -0.2) is 24.9 Å². The number of nitrogen functional groups attached to an aromatic ring is 3. The van der Waals surface area contributed by atoms with Gasteiger partial charge in [-0.15, -0.1) is 0 Å². The number of anilines is 3. The van der Waals surface area contributed by atoms with Crippen LogP contribution in [0.2, 0.25) is 0 Å². The molecule has 2 rings (SSSR count). The van der Waals surface area contributed by atoms with Crippen LogP contribution in [0.15, 0.2) is 12.4 Å². The fourth-order valence-electron chi connectivity index (χ4n) is 0.977. The van der Waals surface area contributed by atoms with Crippen molar-refractivity contribution in [2.24, 2.45) is 0 Å². The highest BCUT2D eigenvalue weighted by atomic mass is 15.1. The molecule has 0 saturated heterocycles. The van der Waals surface area contributed by atoms with Crippen molar-refractivity contribution < 1.29 is 0 Å². The zero-order valence-electron chi connectivity index (χ0n) is 7.62. The zero-order chi connectivity index (χ0) is 10.8. The van der Waals surface area contributed by atoms with Crippen LogP contribution in [0.4, 0.5) is 17.7 Å². The Kier molecular flexibility index (Phi) is 2.01.